The Morgan fingerprint density at radius 3 is 2.26 bits per heavy atom. The maximum absolute atomic E-state index is 13.1. The molecule has 2 aromatic rings. The number of fused-ring (bicyclic) bond motifs is 1. The monoisotopic (exact) mass is 333 g/mol. The number of carbonyl (C=O) groups is 3. The molecule has 0 atom stereocenters. The number of hydrogen-bond donors (Lipinski definition) is 0. The molecule has 1 aliphatic rings. The van der Waals surface area contributed by atoms with E-state index in [0.717, 1.165) is 6.07 Å². The summed E-state index contributed by atoms with van der Waals surface area (Å²) in [6.07, 6.45) is -0.257. The zero-order chi connectivity index (χ0) is 16.6. The summed E-state index contributed by atoms with van der Waals surface area (Å²) in [5.74, 6) is -2.83. The number of benzene rings is 2. The van der Waals surface area contributed by atoms with Gasteiger partial charge in [-0.05, 0) is 29.8 Å². The number of hydrogen-bond acceptors (Lipinski definition) is 4. The topological polar surface area (TPSA) is 63.7 Å². The molecule has 0 bridgehead atoms. The molecule has 0 aromatic heterocycles. The summed E-state index contributed by atoms with van der Waals surface area (Å²) in [7, 11) is 0. The van der Waals surface area contributed by atoms with Crippen LogP contribution in [0.15, 0.2) is 42.5 Å². The summed E-state index contributed by atoms with van der Waals surface area (Å²) in [6.45, 7) is 0. The van der Waals surface area contributed by atoms with Crippen molar-refractivity contribution in [3.63, 3.8) is 0 Å². The van der Waals surface area contributed by atoms with E-state index < -0.39 is 23.6 Å². The average molecular weight is 334 g/mol. The summed E-state index contributed by atoms with van der Waals surface area (Å²) >= 11 is 5.63. The Labute approximate surface area is 135 Å². The van der Waals surface area contributed by atoms with E-state index in [1.807, 2.05) is 0 Å². The van der Waals surface area contributed by atoms with Crippen LogP contribution in [0.25, 0.3) is 0 Å². The fourth-order valence-electron chi connectivity index (χ4n) is 2.20. The third-order valence-electron chi connectivity index (χ3n) is 3.28. The van der Waals surface area contributed by atoms with E-state index in [2.05, 4.69) is 0 Å². The minimum Gasteiger partial charge on any atom is -0.329 e. The van der Waals surface area contributed by atoms with Crippen LogP contribution in [0.3, 0.4) is 0 Å². The number of carbonyl (C=O) groups excluding carboxylic acids is 3. The van der Waals surface area contributed by atoms with E-state index in [9.17, 15) is 18.8 Å². The van der Waals surface area contributed by atoms with Gasteiger partial charge in [0.25, 0.3) is 11.8 Å². The van der Waals surface area contributed by atoms with Crippen molar-refractivity contribution in [2.45, 2.75) is 6.42 Å². The Morgan fingerprint density at radius 1 is 1.09 bits per heavy atom. The van der Waals surface area contributed by atoms with E-state index in [0.29, 0.717) is 10.6 Å². The van der Waals surface area contributed by atoms with Gasteiger partial charge in [-0.15, -0.1) is 0 Å². The predicted molar refractivity (Wildman–Crippen MR) is 78.1 cm³/mol. The molecule has 2 aromatic carbocycles. The van der Waals surface area contributed by atoms with Crippen molar-refractivity contribution >= 4 is 29.4 Å². The first-order chi connectivity index (χ1) is 11.0. The summed E-state index contributed by atoms with van der Waals surface area (Å²) in [5, 5.41) is 0.300. The molecule has 1 heterocycles. The van der Waals surface area contributed by atoms with Gasteiger partial charge in [-0.25, -0.2) is 9.18 Å². The molecular weight excluding hydrogens is 325 g/mol. The molecule has 1 aliphatic heterocycles. The highest BCUT2D eigenvalue weighted by atomic mass is 35.5. The van der Waals surface area contributed by atoms with Gasteiger partial charge in [-0.2, -0.15) is 0 Å². The maximum atomic E-state index is 13.1. The van der Waals surface area contributed by atoms with Gasteiger partial charge in [-0.1, -0.05) is 34.9 Å². The third-order valence-corrected chi connectivity index (χ3v) is 3.57. The van der Waals surface area contributed by atoms with Gasteiger partial charge in [0.1, 0.15) is 5.82 Å². The van der Waals surface area contributed by atoms with Crippen molar-refractivity contribution < 1.29 is 23.6 Å². The first kappa shape index (κ1) is 15.2. The highest BCUT2D eigenvalue weighted by Gasteiger charge is 2.38. The van der Waals surface area contributed by atoms with Gasteiger partial charge in [-0.3, -0.25) is 9.59 Å². The lowest BCUT2D eigenvalue weighted by molar-refractivity contribution is -0.167. The van der Waals surface area contributed by atoms with Crippen molar-refractivity contribution in [1.82, 2.24) is 5.06 Å². The lowest BCUT2D eigenvalue weighted by atomic mass is 10.1. The van der Waals surface area contributed by atoms with Crippen LogP contribution in [-0.2, 0) is 16.1 Å². The summed E-state index contributed by atoms with van der Waals surface area (Å²) in [4.78, 5) is 40.9. The van der Waals surface area contributed by atoms with Gasteiger partial charge >= 0.3 is 5.97 Å². The van der Waals surface area contributed by atoms with Gasteiger partial charge in [0.05, 0.1) is 22.6 Å². The number of halogens is 2. The Balaban J connectivity index is 1.73. The predicted octanol–water partition coefficient (Wildman–Crippen LogP) is 2.78. The minimum absolute atomic E-state index is 0.129. The molecule has 2 amide bonds. The molecule has 7 heteroatoms. The zero-order valence-electron chi connectivity index (χ0n) is 11.6. The maximum Gasteiger partial charge on any atom is 0.337 e. The van der Waals surface area contributed by atoms with Gasteiger partial charge in [0.15, 0.2) is 0 Å². The molecule has 0 aliphatic carbocycles. The number of hydroxylamine groups is 2. The molecule has 0 unspecified atom stereocenters. The molecule has 0 saturated carbocycles. The van der Waals surface area contributed by atoms with Crippen LogP contribution < -0.4 is 0 Å². The van der Waals surface area contributed by atoms with Crippen LogP contribution in [0, 0.1) is 5.82 Å². The SMILES string of the molecule is O=C(Cc1ccc(F)c(Cl)c1)ON1C(=O)c2ccccc2C1=O. The highest BCUT2D eigenvalue weighted by Crippen LogP contribution is 2.23. The van der Waals surface area contributed by atoms with Crippen LogP contribution in [0.5, 0.6) is 0 Å². The number of nitrogens with zero attached hydrogens (tertiary/aromatic N) is 1. The Morgan fingerprint density at radius 2 is 1.70 bits per heavy atom. The van der Waals surface area contributed by atoms with Crippen molar-refractivity contribution in [2.75, 3.05) is 0 Å². The molecule has 0 radical (unpaired) electrons. The summed E-state index contributed by atoms with van der Waals surface area (Å²) in [6, 6.07) is 9.93. The standard InChI is InChI=1S/C16H9ClFNO4/c17-12-7-9(5-6-13(12)18)8-14(20)23-19-15(21)10-3-1-2-4-11(10)16(19)22/h1-7H,8H2. The van der Waals surface area contributed by atoms with Crippen molar-refractivity contribution in [1.29, 1.82) is 0 Å². The number of imide groups is 1. The van der Waals surface area contributed by atoms with E-state index in [4.69, 9.17) is 16.4 Å². The molecule has 23 heavy (non-hydrogen) atoms. The second-order valence-electron chi connectivity index (χ2n) is 4.84. The van der Waals surface area contributed by atoms with Crippen LogP contribution >= 0.6 is 11.6 Å². The first-order valence-electron chi connectivity index (χ1n) is 6.60. The van der Waals surface area contributed by atoms with E-state index >= 15 is 0 Å². The van der Waals surface area contributed by atoms with Crippen molar-refractivity contribution in [3.05, 3.63) is 70.0 Å². The second kappa shape index (κ2) is 5.81. The van der Waals surface area contributed by atoms with Crippen LogP contribution in [0.4, 0.5) is 4.39 Å². The normalized spacial score (nSPS) is 13.2. The minimum atomic E-state index is -0.831. The Hall–Kier alpha value is -2.73. The Bertz CT molecular complexity index is 802. The highest BCUT2D eigenvalue weighted by molar-refractivity contribution is 6.30. The fourth-order valence-corrected chi connectivity index (χ4v) is 2.40. The van der Waals surface area contributed by atoms with Crippen molar-refractivity contribution in [3.8, 4) is 0 Å². The molecule has 0 saturated heterocycles. The van der Waals surface area contributed by atoms with E-state index in [1.54, 1.807) is 12.1 Å². The smallest absolute Gasteiger partial charge is 0.329 e. The van der Waals surface area contributed by atoms with Crippen LogP contribution in [0.2, 0.25) is 5.02 Å². The molecule has 0 spiro atoms. The van der Waals surface area contributed by atoms with Crippen molar-refractivity contribution in [2.24, 2.45) is 0 Å². The molecule has 116 valence electrons. The van der Waals surface area contributed by atoms with E-state index in [-0.39, 0.29) is 22.6 Å². The molecular formula is C16H9ClFNO4. The number of rotatable bonds is 3. The molecule has 0 fully saturated rings. The van der Waals surface area contributed by atoms with Gasteiger partial charge in [0, 0.05) is 0 Å². The number of amides is 2. The quantitative estimate of drug-likeness (QED) is 0.810. The fraction of sp³-hybridized carbons (Fsp3) is 0.0625. The second-order valence-corrected chi connectivity index (χ2v) is 5.25. The van der Waals surface area contributed by atoms with Crippen LogP contribution in [0.1, 0.15) is 26.3 Å². The molecule has 5 nitrogen and oxygen atoms in total. The summed E-state index contributed by atoms with van der Waals surface area (Å²) in [5.41, 5.74) is 0.753. The molecule has 3 rings (SSSR count). The average Bonchev–Trinajstić information content (AvgIpc) is 2.76. The first-order valence-corrected chi connectivity index (χ1v) is 6.97. The van der Waals surface area contributed by atoms with Gasteiger partial charge in [0.2, 0.25) is 0 Å². The lowest BCUT2D eigenvalue weighted by Crippen LogP contribution is -2.33. The lowest BCUT2D eigenvalue weighted by Gasteiger charge is -2.12. The Kier molecular flexibility index (Phi) is 3.83. The van der Waals surface area contributed by atoms with E-state index in [1.165, 1.54) is 24.3 Å². The zero-order valence-corrected chi connectivity index (χ0v) is 12.3. The largest absolute Gasteiger partial charge is 0.337 e. The molecule has 0 N–H and O–H groups in total. The van der Waals surface area contributed by atoms with Crippen LogP contribution in [-0.4, -0.2) is 22.8 Å². The summed E-state index contributed by atoms with van der Waals surface area (Å²) < 4.78 is 13.1. The third kappa shape index (κ3) is 2.80. The van der Waals surface area contributed by atoms with Gasteiger partial charge < -0.3 is 4.84 Å².